The van der Waals surface area contributed by atoms with E-state index in [0.717, 1.165) is 36.9 Å². The monoisotopic (exact) mass is 361 g/mol. The van der Waals surface area contributed by atoms with Gasteiger partial charge in [0.15, 0.2) is 0 Å². The van der Waals surface area contributed by atoms with Gasteiger partial charge in [0.1, 0.15) is 5.82 Å². The molecule has 1 amide bonds. The highest BCUT2D eigenvalue weighted by atomic mass is 35.5. The highest BCUT2D eigenvalue weighted by Crippen LogP contribution is 2.26. The summed E-state index contributed by atoms with van der Waals surface area (Å²) in [5, 5.41) is 3.58. The molecule has 1 aliphatic heterocycles. The molecule has 2 aromatic rings. The number of halogens is 2. The van der Waals surface area contributed by atoms with Crippen LogP contribution in [0.4, 0.5) is 15.8 Å². The molecular weight excluding hydrogens is 341 g/mol. The Morgan fingerprint density at radius 3 is 2.36 bits per heavy atom. The van der Waals surface area contributed by atoms with E-state index in [4.69, 9.17) is 11.6 Å². The summed E-state index contributed by atoms with van der Waals surface area (Å²) in [6.45, 7) is 5.09. The fraction of sp³-hybridized carbons (Fsp3) is 0.316. The molecule has 0 bridgehead atoms. The number of hydrogen-bond acceptors (Lipinski definition) is 3. The van der Waals surface area contributed by atoms with Crippen molar-refractivity contribution >= 4 is 28.9 Å². The molecule has 3 rings (SSSR count). The first-order chi connectivity index (χ1) is 12.0. The summed E-state index contributed by atoms with van der Waals surface area (Å²) in [6, 6.07) is 13.4. The SMILES string of the molecule is CC(C(=O)Nc1ccc(F)cc1)N1CCN(c2ccccc2Cl)CC1. The number of amides is 1. The van der Waals surface area contributed by atoms with Crippen LogP contribution in [0.2, 0.25) is 5.02 Å². The minimum absolute atomic E-state index is 0.0854. The second-order valence-electron chi connectivity index (χ2n) is 6.15. The molecule has 4 nitrogen and oxygen atoms in total. The van der Waals surface area contributed by atoms with Crippen molar-refractivity contribution in [2.45, 2.75) is 13.0 Å². The molecule has 1 heterocycles. The molecule has 1 unspecified atom stereocenters. The molecule has 1 saturated heterocycles. The fourth-order valence-electron chi connectivity index (χ4n) is 3.00. The van der Waals surface area contributed by atoms with E-state index in [1.165, 1.54) is 12.1 Å². The molecule has 1 atom stereocenters. The lowest BCUT2D eigenvalue weighted by molar-refractivity contribution is -0.120. The van der Waals surface area contributed by atoms with E-state index >= 15 is 0 Å². The number of carbonyl (C=O) groups excluding carboxylic acids is 1. The lowest BCUT2D eigenvalue weighted by Crippen LogP contribution is -2.52. The van der Waals surface area contributed by atoms with Gasteiger partial charge in [0.25, 0.3) is 0 Å². The van der Waals surface area contributed by atoms with Crippen molar-refractivity contribution in [1.29, 1.82) is 0 Å². The van der Waals surface area contributed by atoms with E-state index in [2.05, 4.69) is 15.1 Å². The molecule has 6 heteroatoms. The molecule has 1 aliphatic rings. The minimum Gasteiger partial charge on any atom is -0.368 e. The number of piperazine rings is 1. The number of rotatable bonds is 4. The Bertz CT molecular complexity index is 730. The van der Waals surface area contributed by atoms with Gasteiger partial charge in [-0.1, -0.05) is 23.7 Å². The van der Waals surface area contributed by atoms with Crippen LogP contribution < -0.4 is 10.2 Å². The van der Waals surface area contributed by atoms with Gasteiger partial charge in [-0.3, -0.25) is 9.69 Å². The Balaban J connectivity index is 1.56. The third-order valence-electron chi connectivity index (χ3n) is 4.55. The summed E-state index contributed by atoms with van der Waals surface area (Å²) in [5.41, 5.74) is 1.64. The zero-order valence-electron chi connectivity index (χ0n) is 14.1. The van der Waals surface area contributed by atoms with E-state index < -0.39 is 0 Å². The van der Waals surface area contributed by atoms with E-state index in [1.807, 2.05) is 31.2 Å². The minimum atomic E-state index is -0.318. The molecule has 1 N–H and O–H groups in total. The third-order valence-corrected chi connectivity index (χ3v) is 4.87. The van der Waals surface area contributed by atoms with Crippen molar-refractivity contribution < 1.29 is 9.18 Å². The number of hydrogen-bond donors (Lipinski definition) is 1. The van der Waals surface area contributed by atoms with Crippen LogP contribution in [0.15, 0.2) is 48.5 Å². The smallest absolute Gasteiger partial charge is 0.241 e. The van der Waals surface area contributed by atoms with Gasteiger partial charge in [-0.25, -0.2) is 4.39 Å². The third kappa shape index (κ3) is 4.30. The summed E-state index contributed by atoms with van der Waals surface area (Å²) >= 11 is 6.26. The summed E-state index contributed by atoms with van der Waals surface area (Å²) in [7, 11) is 0. The Hall–Kier alpha value is -2.11. The number of nitrogens with one attached hydrogen (secondary N) is 1. The van der Waals surface area contributed by atoms with Crippen molar-refractivity contribution in [1.82, 2.24) is 4.90 Å². The number of anilines is 2. The van der Waals surface area contributed by atoms with Gasteiger partial charge in [-0.2, -0.15) is 0 Å². The van der Waals surface area contributed by atoms with Crippen LogP contribution in [0.3, 0.4) is 0 Å². The van der Waals surface area contributed by atoms with Crippen molar-refractivity contribution in [3.63, 3.8) is 0 Å². The van der Waals surface area contributed by atoms with Gasteiger partial charge in [-0.15, -0.1) is 0 Å². The number of para-hydroxylation sites is 1. The van der Waals surface area contributed by atoms with Gasteiger partial charge < -0.3 is 10.2 Å². The molecule has 132 valence electrons. The molecule has 0 radical (unpaired) electrons. The van der Waals surface area contributed by atoms with Crippen molar-refractivity contribution in [2.24, 2.45) is 0 Å². The molecule has 0 spiro atoms. The van der Waals surface area contributed by atoms with E-state index in [1.54, 1.807) is 12.1 Å². The normalized spacial score (nSPS) is 16.5. The molecule has 25 heavy (non-hydrogen) atoms. The summed E-state index contributed by atoms with van der Waals surface area (Å²) in [4.78, 5) is 16.8. The zero-order chi connectivity index (χ0) is 17.8. The van der Waals surface area contributed by atoms with Gasteiger partial charge in [0, 0.05) is 31.9 Å². The van der Waals surface area contributed by atoms with Crippen LogP contribution in [0.25, 0.3) is 0 Å². The predicted octanol–water partition coefficient (Wildman–Crippen LogP) is 3.63. The Morgan fingerprint density at radius 2 is 1.72 bits per heavy atom. The second kappa shape index (κ2) is 7.85. The van der Waals surface area contributed by atoms with Crippen LogP contribution in [0, 0.1) is 5.82 Å². The maximum absolute atomic E-state index is 12.9. The predicted molar refractivity (Wildman–Crippen MR) is 99.7 cm³/mol. The Morgan fingerprint density at radius 1 is 1.08 bits per heavy atom. The van der Waals surface area contributed by atoms with Crippen LogP contribution >= 0.6 is 11.6 Å². The molecule has 1 fully saturated rings. The molecule has 2 aromatic carbocycles. The first-order valence-corrected chi connectivity index (χ1v) is 8.72. The maximum Gasteiger partial charge on any atom is 0.241 e. The summed E-state index contributed by atoms with van der Waals surface area (Å²) in [5.74, 6) is -0.403. The zero-order valence-corrected chi connectivity index (χ0v) is 14.8. The van der Waals surface area contributed by atoms with Crippen molar-refractivity contribution in [3.05, 3.63) is 59.4 Å². The Kier molecular flexibility index (Phi) is 5.56. The summed E-state index contributed by atoms with van der Waals surface area (Å²) < 4.78 is 12.9. The van der Waals surface area contributed by atoms with Crippen LogP contribution in [0.5, 0.6) is 0 Å². The molecule has 0 saturated carbocycles. The van der Waals surface area contributed by atoms with Crippen molar-refractivity contribution in [3.8, 4) is 0 Å². The van der Waals surface area contributed by atoms with Crippen molar-refractivity contribution in [2.75, 3.05) is 36.4 Å². The topological polar surface area (TPSA) is 35.6 Å². The van der Waals surface area contributed by atoms with E-state index in [0.29, 0.717) is 5.69 Å². The largest absolute Gasteiger partial charge is 0.368 e. The maximum atomic E-state index is 12.9. The lowest BCUT2D eigenvalue weighted by atomic mass is 10.2. The van der Waals surface area contributed by atoms with E-state index in [9.17, 15) is 9.18 Å². The second-order valence-corrected chi connectivity index (χ2v) is 6.55. The highest BCUT2D eigenvalue weighted by Gasteiger charge is 2.26. The van der Waals surface area contributed by atoms with Crippen LogP contribution in [-0.4, -0.2) is 43.0 Å². The first kappa shape index (κ1) is 17.7. The average molecular weight is 362 g/mol. The highest BCUT2D eigenvalue weighted by molar-refractivity contribution is 6.33. The first-order valence-electron chi connectivity index (χ1n) is 8.34. The van der Waals surface area contributed by atoms with Crippen LogP contribution in [-0.2, 0) is 4.79 Å². The van der Waals surface area contributed by atoms with Gasteiger partial charge in [-0.05, 0) is 43.3 Å². The number of carbonyl (C=O) groups is 1. The van der Waals surface area contributed by atoms with Crippen LogP contribution in [0.1, 0.15) is 6.92 Å². The standard InChI is InChI=1S/C19H21ClFN3O/c1-14(19(25)22-16-8-6-15(21)7-9-16)23-10-12-24(13-11-23)18-5-3-2-4-17(18)20/h2-9,14H,10-13H2,1H3,(H,22,25). The number of benzene rings is 2. The lowest BCUT2D eigenvalue weighted by Gasteiger charge is -2.38. The Labute approximate surface area is 152 Å². The van der Waals surface area contributed by atoms with Gasteiger partial charge in [0.2, 0.25) is 5.91 Å². The fourth-order valence-corrected chi connectivity index (χ4v) is 3.26. The van der Waals surface area contributed by atoms with Gasteiger partial charge >= 0.3 is 0 Å². The quantitative estimate of drug-likeness (QED) is 0.903. The van der Waals surface area contributed by atoms with E-state index in [-0.39, 0.29) is 17.8 Å². The average Bonchev–Trinajstić information content (AvgIpc) is 2.63. The molecular formula is C19H21ClFN3O. The molecule has 0 aromatic heterocycles. The number of nitrogens with zero attached hydrogens (tertiary/aromatic N) is 2. The van der Waals surface area contributed by atoms with Gasteiger partial charge in [0.05, 0.1) is 16.8 Å². The molecule has 0 aliphatic carbocycles. The summed E-state index contributed by atoms with van der Waals surface area (Å²) in [6.07, 6.45) is 0.